The Hall–Kier alpha value is -1.60. The lowest BCUT2D eigenvalue weighted by Gasteiger charge is -2.51. The summed E-state index contributed by atoms with van der Waals surface area (Å²) in [5.74, 6) is 0. The van der Waals surface area contributed by atoms with Crippen LogP contribution in [0, 0.1) is 0 Å². The van der Waals surface area contributed by atoms with E-state index in [0.29, 0.717) is 0 Å². The SMILES string of the molecule is OC[C@H](O[C@H]1O[C@H](CO)[C@@H](O)[C@H](O)[C@H]1O)[C@H]1O[C@H](O[C@@H]2[C@H](O)[C@@H](O)O[C@H]([C@H](CO)O[C@H]3O[C@H]([C@@H](O)CO)[C@@H](O)[C@H](O)[C@@H]3O)[C@H]2O[C@H]2O[C@H]([C@@H](O)CO[C@@H]3O[C@H](CO)[C@@H](O)[C@H](O)[C@H]3O)[C@@H](O)[C@H](O)[C@@H]2O)[C@@H](O)[C@@H](O[C@H]2O[C@H](CO)[C@@H](O)[C@H](O)[C@H]2O)[C@@H]1O. The Morgan fingerprint density at radius 2 is 0.640 bits per heavy atom. The molecule has 0 amide bonds. The van der Waals surface area contributed by atoms with Gasteiger partial charge in [0.05, 0.1) is 46.2 Å². The van der Waals surface area contributed by atoms with Crippen molar-refractivity contribution < 1.29 is 199 Å². The van der Waals surface area contributed by atoms with Crippen LogP contribution in [0.3, 0.4) is 0 Å². The van der Waals surface area contributed by atoms with E-state index in [1.165, 1.54) is 0 Å². The monoisotopic (exact) mass is 1270 g/mol. The first-order valence-electron chi connectivity index (χ1n) is 27.0. The number of aliphatic hydroxyl groups excluding tert-OH is 27. The van der Waals surface area contributed by atoms with Crippen molar-refractivity contribution in [2.24, 2.45) is 0 Å². The summed E-state index contributed by atoms with van der Waals surface area (Å²) in [4.78, 5) is 0. The zero-order chi connectivity index (χ0) is 63.7. The Kier molecular flexibility index (Phi) is 25.8. The van der Waals surface area contributed by atoms with Gasteiger partial charge in [0.15, 0.2) is 44.0 Å². The smallest absolute Gasteiger partial charge is 0.187 e. The van der Waals surface area contributed by atoms with Gasteiger partial charge in [-0.2, -0.15) is 0 Å². The fraction of sp³-hybridized carbons (Fsp3) is 1.00. The Balaban J connectivity index is 1.26. The maximum atomic E-state index is 12.1. The molecule has 7 saturated heterocycles. The zero-order valence-corrected chi connectivity index (χ0v) is 44.8. The van der Waals surface area contributed by atoms with Crippen LogP contribution in [0.15, 0.2) is 0 Å². The molecule has 7 aliphatic rings. The highest BCUT2D eigenvalue weighted by Gasteiger charge is 2.60. The number of aliphatic hydroxyl groups is 27. The highest BCUT2D eigenvalue weighted by molar-refractivity contribution is 5.03. The van der Waals surface area contributed by atoms with Gasteiger partial charge in [0.1, 0.15) is 195 Å². The van der Waals surface area contributed by atoms with E-state index < -0.39 is 286 Å². The minimum absolute atomic E-state index is 0.911. The molecule has 0 saturated carbocycles. The van der Waals surface area contributed by atoms with Crippen LogP contribution in [-0.4, -0.2) is 423 Å². The number of ether oxygens (including phenoxy) is 13. The summed E-state index contributed by atoms with van der Waals surface area (Å²) in [6.45, 7) is -7.88. The first-order chi connectivity index (χ1) is 40.6. The molecule has 0 aromatic rings. The molecule has 0 spiro atoms. The second-order valence-corrected chi connectivity index (χ2v) is 21.6. The van der Waals surface area contributed by atoms with Crippen molar-refractivity contribution in [3.8, 4) is 0 Å². The molecule has 27 N–H and O–H groups in total. The molecule has 0 bridgehead atoms. The average Bonchev–Trinajstić information content (AvgIpc) is 0.943. The number of hydrogen-bond donors (Lipinski definition) is 27. The molecular weight excluding hydrogens is 1190 g/mol. The van der Waals surface area contributed by atoms with Crippen molar-refractivity contribution in [1.82, 2.24) is 0 Å². The lowest BCUT2D eigenvalue weighted by atomic mass is 9.92. The normalized spacial score (nSPS) is 51.2. The Bertz CT molecular complexity index is 2020. The summed E-state index contributed by atoms with van der Waals surface area (Å²) in [5.41, 5.74) is 0. The minimum atomic E-state index is -2.63. The molecule has 7 rings (SSSR count). The van der Waals surface area contributed by atoms with Gasteiger partial charge in [-0.25, -0.2) is 0 Å². The van der Waals surface area contributed by atoms with Crippen LogP contribution >= 0.6 is 0 Å². The van der Waals surface area contributed by atoms with Gasteiger partial charge in [-0.05, 0) is 0 Å². The van der Waals surface area contributed by atoms with Gasteiger partial charge in [0, 0.05) is 0 Å². The van der Waals surface area contributed by atoms with E-state index in [9.17, 15) is 138 Å². The Morgan fingerprint density at radius 3 is 1.13 bits per heavy atom. The Labute approximate surface area is 484 Å². The van der Waals surface area contributed by atoms with Gasteiger partial charge in [0.2, 0.25) is 0 Å². The van der Waals surface area contributed by atoms with Crippen molar-refractivity contribution >= 4 is 0 Å². The molecule has 7 fully saturated rings. The molecule has 7 heterocycles. The predicted molar refractivity (Wildman–Crippen MR) is 256 cm³/mol. The zero-order valence-electron chi connectivity index (χ0n) is 44.8. The fourth-order valence-electron chi connectivity index (χ4n) is 10.7. The number of hydrogen-bond acceptors (Lipinski definition) is 40. The van der Waals surface area contributed by atoms with Gasteiger partial charge in [-0.15, -0.1) is 0 Å². The quantitative estimate of drug-likeness (QED) is 0.0452. The second-order valence-electron chi connectivity index (χ2n) is 21.6. The molecule has 504 valence electrons. The molecule has 0 radical (unpaired) electrons. The summed E-state index contributed by atoms with van der Waals surface area (Å²) in [6.07, 6.45) is -86.1. The van der Waals surface area contributed by atoms with E-state index >= 15 is 0 Å². The van der Waals surface area contributed by atoms with E-state index in [4.69, 9.17) is 61.6 Å². The Morgan fingerprint density at radius 1 is 0.279 bits per heavy atom. The second kappa shape index (κ2) is 30.9. The van der Waals surface area contributed by atoms with Crippen molar-refractivity contribution in [2.45, 2.75) is 239 Å². The lowest BCUT2D eigenvalue weighted by molar-refractivity contribution is -0.408. The molecular formula is C46H80O40. The predicted octanol–water partition coefficient (Wildman–Crippen LogP) is -18.8. The summed E-state index contributed by atoms with van der Waals surface area (Å²) in [7, 11) is 0. The largest absolute Gasteiger partial charge is 0.394 e. The molecule has 0 unspecified atom stereocenters. The summed E-state index contributed by atoms with van der Waals surface area (Å²) >= 11 is 0. The molecule has 7 aliphatic heterocycles. The van der Waals surface area contributed by atoms with E-state index in [1.54, 1.807) is 0 Å². The van der Waals surface area contributed by atoms with Crippen LogP contribution in [0.25, 0.3) is 0 Å². The van der Waals surface area contributed by atoms with Crippen LogP contribution in [0.1, 0.15) is 0 Å². The van der Waals surface area contributed by atoms with Crippen LogP contribution in [0.4, 0.5) is 0 Å². The highest BCUT2D eigenvalue weighted by atomic mass is 16.8. The van der Waals surface area contributed by atoms with Crippen LogP contribution in [-0.2, 0) is 61.6 Å². The van der Waals surface area contributed by atoms with Gasteiger partial charge in [-0.3, -0.25) is 0 Å². The van der Waals surface area contributed by atoms with Crippen molar-refractivity contribution in [3.63, 3.8) is 0 Å². The molecule has 40 heteroatoms. The molecule has 0 aliphatic carbocycles. The van der Waals surface area contributed by atoms with Gasteiger partial charge < -0.3 is 199 Å². The maximum absolute atomic E-state index is 12.1. The molecule has 86 heavy (non-hydrogen) atoms. The lowest BCUT2D eigenvalue weighted by Crippen LogP contribution is -2.70. The van der Waals surface area contributed by atoms with E-state index in [0.717, 1.165) is 0 Å². The van der Waals surface area contributed by atoms with Crippen molar-refractivity contribution in [2.75, 3.05) is 46.2 Å². The molecule has 0 aromatic heterocycles. The maximum Gasteiger partial charge on any atom is 0.187 e. The van der Waals surface area contributed by atoms with E-state index in [2.05, 4.69) is 0 Å². The van der Waals surface area contributed by atoms with Gasteiger partial charge in [-0.1, -0.05) is 0 Å². The van der Waals surface area contributed by atoms with Crippen molar-refractivity contribution in [3.05, 3.63) is 0 Å². The fourth-order valence-corrected chi connectivity index (χ4v) is 10.7. The molecule has 0 aromatic carbocycles. The average molecular weight is 1270 g/mol. The van der Waals surface area contributed by atoms with Gasteiger partial charge >= 0.3 is 0 Å². The molecule has 40 nitrogen and oxygen atoms in total. The third-order valence-electron chi connectivity index (χ3n) is 15.9. The topological polar surface area (TPSA) is 666 Å². The van der Waals surface area contributed by atoms with Crippen molar-refractivity contribution in [1.29, 1.82) is 0 Å². The van der Waals surface area contributed by atoms with E-state index in [1.807, 2.05) is 0 Å². The molecule has 39 atom stereocenters. The third-order valence-corrected chi connectivity index (χ3v) is 15.9. The van der Waals surface area contributed by atoms with Crippen LogP contribution in [0.2, 0.25) is 0 Å². The number of rotatable bonds is 23. The van der Waals surface area contributed by atoms with E-state index in [-0.39, 0.29) is 0 Å². The summed E-state index contributed by atoms with van der Waals surface area (Å²) in [6, 6.07) is 0. The third kappa shape index (κ3) is 14.9. The summed E-state index contributed by atoms with van der Waals surface area (Å²) in [5, 5.41) is 291. The highest BCUT2D eigenvalue weighted by Crippen LogP contribution is 2.39. The summed E-state index contributed by atoms with van der Waals surface area (Å²) < 4.78 is 73.5. The van der Waals surface area contributed by atoms with Crippen LogP contribution < -0.4 is 0 Å². The van der Waals surface area contributed by atoms with Gasteiger partial charge in [0.25, 0.3) is 0 Å². The first-order valence-corrected chi connectivity index (χ1v) is 27.0. The first kappa shape index (κ1) is 71.8. The minimum Gasteiger partial charge on any atom is -0.394 e. The standard InChI is InChI=1S/C46H80O40/c47-1-8(53)33-23(63)21(61)28(68)44(81-33)79-14(6-52)36-39(86-45-29(69)22(62)24(64)34(82-45)9(54)7-74-41-25(65)18(58)15(55)10(2-48)75-41)38(31(71)40(73)80-36)85-46-32(72)37(84-43-27(67)20(60)17(57)12(4-50)77-43)30(70)35(83-46)13(5-51)78-42-26(66)19(59)16(56)11(3-49)76-42/h8-73H,1-7H2/t8-,9-,10+,11+,12+,13-,14-,15+,16+,17+,18-,19-,20-,21-,22-,23-,24-,25+,26+,27+,28-,29-,30+,31-,32-,33+,34+,35+,36+,37-,38+,39+,40-,41+,42+,43+,44-,45+,46+/m0/s1. The van der Waals surface area contributed by atoms with Crippen LogP contribution in [0.5, 0.6) is 0 Å².